The van der Waals surface area contributed by atoms with E-state index in [0.29, 0.717) is 48.7 Å². The molecular formula is C26H28ClNO3. The summed E-state index contributed by atoms with van der Waals surface area (Å²) in [6.07, 6.45) is 5.10. The molecular weight excluding hydrogens is 410 g/mol. The van der Waals surface area contributed by atoms with Crippen LogP contribution in [0.3, 0.4) is 0 Å². The van der Waals surface area contributed by atoms with Crippen molar-refractivity contribution in [2.24, 2.45) is 0 Å². The Hall–Kier alpha value is -2.59. The van der Waals surface area contributed by atoms with Crippen LogP contribution in [0.5, 0.6) is 5.75 Å². The Balaban J connectivity index is 1.37. The fourth-order valence-electron chi connectivity index (χ4n) is 4.25. The fourth-order valence-corrected chi connectivity index (χ4v) is 4.42. The van der Waals surface area contributed by atoms with Gasteiger partial charge in [0.1, 0.15) is 11.4 Å². The minimum absolute atomic E-state index is 0.0101. The molecule has 2 aromatic rings. The second-order valence-electron chi connectivity index (χ2n) is 9.56. The Bertz CT molecular complexity index is 1030. The molecule has 4 nitrogen and oxygen atoms in total. The van der Waals surface area contributed by atoms with E-state index >= 15 is 0 Å². The van der Waals surface area contributed by atoms with E-state index in [2.05, 4.69) is 32.9 Å². The highest BCUT2D eigenvalue weighted by atomic mass is 35.5. The Morgan fingerprint density at radius 2 is 1.77 bits per heavy atom. The second kappa shape index (κ2) is 8.16. The second-order valence-corrected chi connectivity index (χ2v) is 9.99. The number of amides is 1. The first-order valence-corrected chi connectivity index (χ1v) is 11.1. The van der Waals surface area contributed by atoms with Gasteiger partial charge in [0.25, 0.3) is 0 Å². The van der Waals surface area contributed by atoms with Gasteiger partial charge in [-0.05, 0) is 40.8 Å². The average Bonchev–Trinajstić information content (AvgIpc) is 2.73. The number of rotatable bonds is 2. The molecule has 0 aliphatic carbocycles. The van der Waals surface area contributed by atoms with Crippen molar-refractivity contribution in [1.29, 1.82) is 0 Å². The molecule has 0 radical (unpaired) electrons. The number of carbonyl (C=O) groups excluding carboxylic acids is 2. The fraction of sp³-hybridized carbons (Fsp3) is 0.385. The number of piperidine rings is 1. The van der Waals surface area contributed by atoms with E-state index in [0.717, 1.165) is 5.56 Å². The lowest BCUT2D eigenvalue weighted by atomic mass is 9.82. The number of benzene rings is 2. The van der Waals surface area contributed by atoms with Crippen LogP contribution in [0.25, 0.3) is 6.08 Å². The Kier molecular flexibility index (Phi) is 5.69. The largest absolute Gasteiger partial charge is 0.486 e. The lowest BCUT2D eigenvalue weighted by molar-refractivity contribution is -0.129. The quantitative estimate of drug-likeness (QED) is 0.568. The van der Waals surface area contributed by atoms with Gasteiger partial charge < -0.3 is 9.64 Å². The van der Waals surface area contributed by atoms with E-state index in [-0.39, 0.29) is 17.1 Å². The van der Waals surface area contributed by atoms with Gasteiger partial charge in [-0.2, -0.15) is 0 Å². The van der Waals surface area contributed by atoms with Crippen LogP contribution in [0.4, 0.5) is 0 Å². The number of carbonyl (C=O) groups is 2. The van der Waals surface area contributed by atoms with Crippen molar-refractivity contribution in [2.75, 3.05) is 13.1 Å². The number of hydrogen-bond acceptors (Lipinski definition) is 3. The predicted octanol–water partition coefficient (Wildman–Crippen LogP) is 5.68. The average molecular weight is 438 g/mol. The van der Waals surface area contributed by atoms with Crippen LogP contribution in [0.15, 0.2) is 48.5 Å². The minimum atomic E-state index is -0.527. The number of likely N-dealkylation sites (tertiary alicyclic amines) is 1. The van der Waals surface area contributed by atoms with Gasteiger partial charge in [-0.1, -0.05) is 56.6 Å². The number of fused-ring (bicyclic) bond motifs is 1. The molecule has 1 spiro atoms. The molecule has 2 aliphatic heterocycles. The molecule has 2 aromatic carbocycles. The third kappa shape index (κ3) is 4.69. The molecule has 0 N–H and O–H groups in total. The maximum Gasteiger partial charge on any atom is 0.246 e. The predicted molar refractivity (Wildman–Crippen MR) is 124 cm³/mol. The molecule has 162 valence electrons. The Labute approximate surface area is 188 Å². The van der Waals surface area contributed by atoms with Crippen LogP contribution in [0.2, 0.25) is 5.02 Å². The van der Waals surface area contributed by atoms with Crippen LogP contribution < -0.4 is 4.74 Å². The number of Topliss-reactive ketones (excluding diaryl/α,β-unsaturated/α-hetero) is 1. The molecule has 1 fully saturated rings. The van der Waals surface area contributed by atoms with Crippen LogP contribution in [0.1, 0.15) is 61.5 Å². The summed E-state index contributed by atoms with van der Waals surface area (Å²) in [5, 5.41) is 0.534. The minimum Gasteiger partial charge on any atom is -0.486 e. The summed E-state index contributed by atoms with van der Waals surface area (Å²) in [6.45, 7) is 7.69. The van der Waals surface area contributed by atoms with Crippen molar-refractivity contribution in [3.63, 3.8) is 0 Å². The molecule has 2 aliphatic rings. The van der Waals surface area contributed by atoms with Crippen molar-refractivity contribution in [2.45, 2.75) is 51.0 Å². The molecule has 4 rings (SSSR count). The highest BCUT2D eigenvalue weighted by molar-refractivity contribution is 6.31. The van der Waals surface area contributed by atoms with Gasteiger partial charge in [0, 0.05) is 37.0 Å². The monoisotopic (exact) mass is 437 g/mol. The summed E-state index contributed by atoms with van der Waals surface area (Å²) in [6, 6.07) is 13.5. The Morgan fingerprint density at radius 3 is 2.42 bits per heavy atom. The van der Waals surface area contributed by atoms with Crippen molar-refractivity contribution in [3.05, 3.63) is 70.3 Å². The van der Waals surface area contributed by atoms with Gasteiger partial charge in [0.05, 0.1) is 12.0 Å². The van der Waals surface area contributed by atoms with E-state index < -0.39 is 5.60 Å². The van der Waals surface area contributed by atoms with Gasteiger partial charge in [-0.25, -0.2) is 0 Å². The first-order valence-electron chi connectivity index (χ1n) is 10.7. The maximum absolute atomic E-state index is 12.7. The lowest BCUT2D eigenvalue weighted by Crippen LogP contribution is -2.52. The smallest absolute Gasteiger partial charge is 0.246 e. The zero-order valence-corrected chi connectivity index (χ0v) is 19.0. The first kappa shape index (κ1) is 21.6. The molecule has 31 heavy (non-hydrogen) atoms. The summed E-state index contributed by atoms with van der Waals surface area (Å²) in [7, 11) is 0. The summed E-state index contributed by atoms with van der Waals surface area (Å²) >= 11 is 6.02. The molecule has 1 saturated heterocycles. The van der Waals surface area contributed by atoms with E-state index in [1.54, 1.807) is 24.3 Å². The molecule has 0 saturated carbocycles. The van der Waals surface area contributed by atoms with E-state index in [9.17, 15) is 9.59 Å². The highest BCUT2D eigenvalue weighted by Gasteiger charge is 2.43. The zero-order valence-electron chi connectivity index (χ0n) is 18.3. The van der Waals surface area contributed by atoms with Gasteiger partial charge >= 0.3 is 0 Å². The third-order valence-corrected chi connectivity index (χ3v) is 6.47. The summed E-state index contributed by atoms with van der Waals surface area (Å²) < 4.78 is 6.25. The van der Waals surface area contributed by atoms with Crippen LogP contribution >= 0.6 is 11.6 Å². The number of hydrogen-bond donors (Lipinski definition) is 0. The van der Waals surface area contributed by atoms with Crippen molar-refractivity contribution in [3.8, 4) is 5.75 Å². The van der Waals surface area contributed by atoms with Crippen LogP contribution in [-0.4, -0.2) is 35.3 Å². The molecule has 5 heteroatoms. The first-order chi connectivity index (χ1) is 14.7. The van der Waals surface area contributed by atoms with Crippen LogP contribution in [-0.2, 0) is 10.2 Å². The number of nitrogens with zero attached hydrogens (tertiary/aromatic N) is 1. The zero-order chi connectivity index (χ0) is 22.2. The molecule has 2 heterocycles. The van der Waals surface area contributed by atoms with Gasteiger partial charge in [-0.3, -0.25) is 9.59 Å². The SMILES string of the molecule is CC(C)(C)c1ccc(/C=C/C(=O)N2CCC3(CC2)CC(=O)c2cc(Cl)ccc2O3)cc1. The van der Waals surface area contributed by atoms with Crippen molar-refractivity contribution < 1.29 is 14.3 Å². The Morgan fingerprint density at radius 1 is 1.10 bits per heavy atom. The molecule has 1 amide bonds. The van der Waals surface area contributed by atoms with Gasteiger partial charge in [0.2, 0.25) is 5.91 Å². The van der Waals surface area contributed by atoms with Crippen LogP contribution in [0, 0.1) is 0 Å². The number of ether oxygens (including phenoxy) is 1. The van der Waals surface area contributed by atoms with E-state index in [1.807, 2.05) is 23.1 Å². The standard InChI is InChI=1S/C26H28ClNO3/c1-25(2,3)19-7-4-18(5-8-19)6-11-24(30)28-14-12-26(13-15-28)17-22(29)21-16-20(27)9-10-23(21)31-26/h4-11,16H,12-15,17H2,1-3H3/b11-6+. The molecule has 0 atom stereocenters. The lowest BCUT2D eigenvalue weighted by Gasteiger charge is -2.43. The van der Waals surface area contributed by atoms with Gasteiger partial charge in [-0.15, -0.1) is 0 Å². The normalized spacial score (nSPS) is 18.2. The summed E-state index contributed by atoms with van der Waals surface area (Å²) in [4.78, 5) is 27.2. The molecule has 0 aromatic heterocycles. The van der Waals surface area contributed by atoms with Gasteiger partial charge in [0.15, 0.2) is 5.78 Å². The van der Waals surface area contributed by atoms with E-state index in [1.165, 1.54) is 5.56 Å². The van der Waals surface area contributed by atoms with Crippen molar-refractivity contribution in [1.82, 2.24) is 4.90 Å². The molecule has 0 unspecified atom stereocenters. The topological polar surface area (TPSA) is 46.6 Å². The highest BCUT2D eigenvalue weighted by Crippen LogP contribution is 2.40. The molecule has 0 bridgehead atoms. The summed E-state index contributed by atoms with van der Waals surface area (Å²) in [5.74, 6) is 0.644. The third-order valence-electron chi connectivity index (χ3n) is 6.23. The van der Waals surface area contributed by atoms with E-state index in [4.69, 9.17) is 16.3 Å². The maximum atomic E-state index is 12.7. The summed E-state index contributed by atoms with van der Waals surface area (Å²) in [5.41, 5.74) is 2.41. The van der Waals surface area contributed by atoms with Crippen molar-refractivity contribution >= 4 is 29.4 Å². The number of ketones is 1. The number of halogens is 1.